The van der Waals surface area contributed by atoms with Crippen LogP contribution in [0, 0.1) is 0 Å². The second-order valence-corrected chi connectivity index (χ2v) is 8.20. The van der Waals surface area contributed by atoms with Gasteiger partial charge in [0.25, 0.3) is 0 Å². The van der Waals surface area contributed by atoms with E-state index in [0.717, 1.165) is 6.54 Å². The quantitative estimate of drug-likeness (QED) is 0.400. The Morgan fingerprint density at radius 2 is 1.65 bits per heavy atom. The van der Waals surface area contributed by atoms with E-state index in [-0.39, 0.29) is 0 Å². The molecule has 1 N–H and O–H groups in total. The van der Waals surface area contributed by atoms with Gasteiger partial charge in [0.2, 0.25) is 0 Å². The summed E-state index contributed by atoms with van der Waals surface area (Å²) in [6.45, 7) is 8.59. The van der Waals surface area contributed by atoms with Gasteiger partial charge in [0, 0.05) is 16.7 Å². The molecule has 3 rings (SSSR count). The molecular formula is C23H37BN2. The standard InChI is InChI=1S/C23H37BN2/c1-4-7-19-25-24-23(17-5-2,18-6-3)21-15-11-12-16-22(21)26(24)20-13-9-8-10-14-20/h8-10,13-14,25H,4-7,11-12,15-19H2,1-3H3. The molecule has 3 heteroatoms. The minimum Gasteiger partial charge on any atom is -0.374 e. The second-order valence-electron chi connectivity index (χ2n) is 8.20. The number of anilines is 1. The van der Waals surface area contributed by atoms with Crippen molar-refractivity contribution in [1.82, 2.24) is 5.23 Å². The molecule has 0 saturated heterocycles. The molecular weight excluding hydrogens is 315 g/mol. The van der Waals surface area contributed by atoms with Crippen molar-refractivity contribution in [3.63, 3.8) is 0 Å². The largest absolute Gasteiger partial charge is 0.374 e. The van der Waals surface area contributed by atoms with Crippen LogP contribution in [-0.2, 0) is 0 Å². The molecule has 0 unspecified atom stereocenters. The molecule has 142 valence electrons. The van der Waals surface area contributed by atoms with Crippen LogP contribution >= 0.6 is 0 Å². The van der Waals surface area contributed by atoms with Gasteiger partial charge in [-0.2, -0.15) is 0 Å². The first-order valence-corrected chi connectivity index (χ1v) is 11.1. The van der Waals surface area contributed by atoms with Crippen LogP contribution in [0.15, 0.2) is 41.6 Å². The van der Waals surface area contributed by atoms with Crippen molar-refractivity contribution in [3.8, 4) is 0 Å². The summed E-state index contributed by atoms with van der Waals surface area (Å²) in [5.74, 6) is 0. The molecule has 0 aromatic heterocycles. The smallest absolute Gasteiger partial charge is 0.355 e. The summed E-state index contributed by atoms with van der Waals surface area (Å²) in [5, 5.41) is 4.35. The molecule has 0 saturated carbocycles. The summed E-state index contributed by atoms with van der Waals surface area (Å²) >= 11 is 0. The number of hydrogen-bond acceptors (Lipinski definition) is 2. The molecule has 0 radical (unpaired) electrons. The molecule has 1 aliphatic carbocycles. The van der Waals surface area contributed by atoms with E-state index in [2.05, 4.69) is 61.1 Å². The third-order valence-corrected chi connectivity index (χ3v) is 6.41. The minimum absolute atomic E-state index is 0.322. The highest BCUT2D eigenvalue weighted by atomic mass is 15.2. The lowest BCUT2D eigenvalue weighted by Crippen LogP contribution is -2.54. The SMILES string of the molecule is CCCCNB1N(c2ccccc2)C2=C(CCCC2)C1(CCC)CCC. The summed E-state index contributed by atoms with van der Waals surface area (Å²) in [6, 6.07) is 11.1. The van der Waals surface area contributed by atoms with Gasteiger partial charge in [-0.1, -0.05) is 58.2 Å². The number of nitrogens with one attached hydrogen (secondary N) is 1. The molecule has 0 fully saturated rings. The van der Waals surface area contributed by atoms with Crippen LogP contribution in [0.25, 0.3) is 0 Å². The summed E-state index contributed by atoms with van der Waals surface area (Å²) < 4.78 is 0. The first-order valence-electron chi connectivity index (χ1n) is 11.1. The molecule has 1 heterocycles. The zero-order valence-electron chi connectivity index (χ0n) is 17.2. The highest BCUT2D eigenvalue weighted by molar-refractivity contribution is 6.67. The molecule has 1 aliphatic heterocycles. The van der Waals surface area contributed by atoms with Gasteiger partial charge >= 0.3 is 6.98 Å². The van der Waals surface area contributed by atoms with Crippen molar-refractivity contribution < 1.29 is 0 Å². The fraction of sp³-hybridized carbons (Fsp3) is 0.652. The number of rotatable bonds is 9. The van der Waals surface area contributed by atoms with Gasteiger partial charge in [0.1, 0.15) is 0 Å². The summed E-state index contributed by atoms with van der Waals surface area (Å²) in [7, 11) is 0. The van der Waals surface area contributed by atoms with Gasteiger partial charge in [-0.15, -0.1) is 0 Å². The molecule has 0 amide bonds. The Hall–Kier alpha value is -1.22. The molecule has 1 aromatic rings. The summed E-state index contributed by atoms with van der Waals surface area (Å²) in [5.41, 5.74) is 4.83. The van der Waals surface area contributed by atoms with Crippen molar-refractivity contribution in [2.45, 2.75) is 90.3 Å². The number of hydrogen-bond donors (Lipinski definition) is 1. The van der Waals surface area contributed by atoms with Crippen molar-refractivity contribution in [3.05, 3.63) is 41.6 Å². The highest BCUT2D eigenvalue weighted by Crippen LogP contribution is 2.58. The average Bonchev–Trinajstić information content (AvgIpc) is 2.93. The summed E-state index contributed by atoms with van der Waals surface area (Å²) in [6.07, 6.45) is 13.0. The Balaban J connectivity index is 2.06. The Labute approximate surface area is 161 Å². The zero-order valence-corrected chi connectivity index (χ0v) is 17.2. The number of para-hydroxylation sites is 1. The lowest BCUT2D eigenvalue weighted by Gasteiger charge is -2.39. The summed E-state index contributed by atoms with van der Waals surface area (Å²) in [4.78, 5) is 2.70. The van der Waals surface area contributed by atoms with E-state index < -0.39 is 0 Å². The van der Waals surface area contributed by atoms with E-state index >= 15 is 0 Å². The van der Waals surface area contributed by atoms with Crippen LogP contribution in [0.1, 0.15) is 85.0 Å². The second kappa shape index (κ2) is 9.13. The van der Waals surface area contributed by atoms with Crippen molar-refractivity contribution >= 4 is 12.7 Å². The predicted octanol–water partition coefficient (Wildman–Crippen LogP) is 6.55. The van der Waals surface area contributed by atoms with E-state index in [4.69, 9.17) is 0 Å². The Morgan fingerprint density at radius 1 is 0.962 bits per heavy atom. The fourth-order valence-corrected chi connectivity index (χ4v) is 5.45. The molecule has 0 bridgehead atoms. The van der Waals surface area contributed by atoms with E-state index in [9.17, 15) is 0 Å². The Kier molecular flexibility index (Phi) is 6.86. The van der Waals surface area contributed by atoms with Gasteiger partial charge < -0.3 is 10.0 Å². The lowest BCUT2D eigenvalue weighted by molar-refractivity contribution is 0.480. The van der Waals surface area contributed by atoms with E-state index in [1.165, 1.54) is 69.9 Å². The monoisotopic (exact) mass is 352 g/mol. The molecule has 0 spiro atoms. The van der Waals surface area contributed by atoms with Crippen LogP contribution < -0.4 is 10.0 Å². The normalized spacial score (nSPS) is 19.2. The molecule has 1 aromatic carbocycles. The molecule has 26 heavy (non-hydrogen) atoms. The highest BCUT2D eigenvalue weighted by Gasteiger charge is 2.54. The first-order chi connectivity index (χ1) is 12.8. The number of allylic oxidation sites excluding steroid dienone is 2. The van der Waals surface area contributed by atoms with E-state index in [1.54, 1.807) is 11.3 Å². The van der Waals surface area contributed by atoms with Crippen molar-refractivity contribution in [2.75, 3.05) is 11.4 Å². The Morgan fingerprint density at radius 3 is 2.31 bits per heavy atom. The average molecular weight is 352 g/mol. The van der Waals surface area contributed by atoms with Gasteiger partial charge in [-0.25, -0.2) is 0 Å². The molecule has 2 aliphatic rings. The number of nitrogens with zero attached hydrogens (tertiary/aromatic N) is 1. The third-order valence-electron chi connectivity index (χ3n) is 6.41. The van der Waals surface area contributed by atoms with Crippen LogP contribution in [0.2, 0.25) is 5.31 Å². The van der Waals surface area contributed by atoms with Crippen LogP contribution in [0.4, 0.5) is 5.69 Å². The maximum absolute atomic E-state index is 4.03. The van der Waals surface area contributed by atoms with Gasteiger partial charge in [0.15, 0.2) is 0 Å². The first kappa shape index (κ1) is 19.5. The van der Waals surface area contributed by atoms with Crippen LogP contribution in [-0.4, -0.2) is 13.5 Å². The van der Waals surface area contributed by atoms with Gasteiger partial charge in [-0.05, 0) is 69.2 Å². The molecule has 0 atom stereocenters. The zero-order chi connectivity index (χ0) is 18.4. The van der Waals surface area contributed by atoms with E-state index in [0.29, 0.717) is 12.3 Å². The van der Waals surface area contributed by atoms with Crippen LogP contribution in [0.3, 0.4) is 0 Å². The van der Waals surface area contributed by atoms with Gasteiger partial charge in [-0.3, -0.25) is 0 Å². The lowest BCUT2D eigenvalue weighted by atomic mass is 9.44. The van der Waals surface area contributed by atoms with Crippen LogP contribution in [0.5, 0.6) is 0 Å². The van der Waals surface area contributed by atoms with Gasteiger partial charge in [0.05, 0.1) is 0 Å². The fourth-order valence-electron chi connectivity index (χ4n) is 5.45. The van der Waals surface area contributed by atoms with E-state index in [1.807, 2.05) is 0 Å². The third kappa shape index (κ3) is 3.60. The number of unbranched alkanes of at least 4 members (excludes halogenated alkanes) is 1. The Bertz CT molecular complexity index is 589. The maximum atomic E-state index is 4.03. The predicted molar refractivity (Wildman–Crippen MR) is 116 cm³/mol. The van der Waals surface area contributed by atoms with Crippen molar-refractivity contribution in [1.29, 1.82) is 0 Å². The molecule has 2 nitrogen and oxygen atoms in total. The topological polar surface area (TPSA) is 15.3 Å². The van der Waals surface area contributed by atoms with Crippen molar-refractivity contribution in [2.24, 2.45) is 0 Å². The number of benzene rings is 1. The maximum Gasteiger partial charge on any atom is 0.355 e. The minimum atomic E-state index is 0.322.